The Kier molecular flexibility index (Phi) is 8.20. The first-order chi connectivity index (χ1) is 12.9. The molecule has 2 fully saturated rings. The van der Waals surface area contributed by atoms with E-state index in [0.29, 0.717) is 6.04 Å². The minimum absolute atomic E-state index is 0.409. The van der Waals surface area contributed by atoms with Gasteiger partial charge in [-0.05, 0) is 44.3 Å². The second-order valence-corrected chi connectivity index (χ2v) is 7.85. The number of hydrogen-bond acceptors (Lipinski definition) is 5. The van der Waals surface area contributed by atoms with E-state index in [1.165, 1.54) is 30.8 Å². The van der Waals surface area contributed by atoms with Crippen LogP contribution in [-0.4, -0.2) is 81.3 Å². The molecular weight excluding hydrogens is 346 g/mol. The molecule has 2 N–H and O–H groups in total. The van der Waals surface area contributed by atoms with Crippen LogP contribution in [0.25, 0.3) is 0 Å². The van der Waals surface area contributed by atoms with Crippen LogP contribution in [0.3, 0.4) is 0 Å². The number of thiophene rings is 1. The lowest BCUT2D eigenvalue weighted by Gasteiger charge is -2.27. The van der Waals surface area contributed by atoms with Crippen molar-refractivity contribution in [3.8, 4) is 0 Å². The third-order valence-corrected chi connectivity index (χ3v) is 6.02. The molecule has 6 nitrogen and oxygen atoms in total. The normalized spacial score (nSPS) is 21.0. The number of likely N-dealkylation sites (tertiary alicyclic amines) is 1. The first-order valence-electron chi connectivity index (χ1n) is 9.96. The highest BCUT2D eigenvalue weighted by molar-refractivity contribution is 7.10. The fourth-order valence-electron chi connectivity index (χ4n) is 3.60. The van der Waals surface area contributed by atoms with Crippen molar-refractivity contribution in [1.82, 2.24) is 20.4 Å². The first kappa shape index (κ1) is 19.6. The van der Waals surface area contributed by atoms with Crippen LogP contribution in [0.4, 0.5) is 0 Å². The Morgan fingerprint density at radius 1 is 1.23 bits per heavy atom. The summed E-state index contributed by atoms with van der Waals surface area (Å²) in [6.45, 7) is 11.9. The number of aliphatic imine (C=N–C) groups is 1. The molecule has 2 aliphatic rings. The molecule has 7 heteroatoms. The Hall–Kier alpha value is -1.15. The highest BCUT2D eigenvalue weighted by Gasteiger charge is 2.24. The van der Waals surface area contributed by atoms with Gasteiger partial charge in [-0.25, -0.2) is 0 Å². The Bertz CT molecular complexity index is 524. The van der Waals surface area contributed by atoms with Crippen molar-refractivity contribution in [3.63, 3.8) is 0 Å². The van der Waals surface area contributed by atoms with Crippen LogP contribution in [0.1, 0.15) is 30.7 Å². The van der Waals surface area contributed by atoms with E-state index in [1.54, 1.807) is 0 Å². The van der Waals surface area contributed by atoms with E-state index in [9.17, 15) is 0 Å². The van der Waals surface area contributed by atoms with Crippen LogP contribution < -0.4 is 10.6 Å². The van der Waals surface area contributed by atoms with Gasteiger partial charge in [-0.3, -0.25) is 14.8 Å². The smallest absolute Gasteiger partial charge is 0.191 e. The summed E-state index contributed by atoms with van der Waals surface area (Å²) in [7, 11) is 0. The minimum Gasteiger partial charge on any atom is -0.379 e. The van der Waals surface area contributed by atoms with Gasteiger partial charge in [0.15, 0.2) is 5.96 Å². The third-order valence-electron chi connectivity index (χ3n) is 5.04. The maximum absolute atomic E-state index is 5.41. The number of ether oxygens (including phenoxy) is 1. The van der Waals surface area contributed by atoms with Gasteiger partial charge in [0.1, 0.15) is 0 Å². The summed E-state index contributed by atoms with van der Waals surface area (Å²) < 4.78 is 5.41. The number of rotatable bonds is 8. The fourth-order valence-corrected chi connectivity index (χ4v) is 4.45. The summed E-state index contributed by atoms with van der Waals surface area (Å²) in [6.07, 6.45) is 2.62. The summed E-state index contributed by atoms with van der Waals surface area (Å²) >= 11 is 1.85. The van der Waals surface area contributed by atoms with Gasteiger partial charge in [-0.1, -0.05) is 6.07 Å². The lowest BCUT2D eigenvalue weighted by molar-refractivity contribution is 0.0389. The van der Waals surface area contributed by atoms with E-state index >= 15 is 0 Å². The number of nitrogens with one attached hydrogen (secondary N) is 2. The van der Waals surface area contributed by atoms with Crippen LogP contribution in [0, 0.1) is 0 Å². The van der Waals surface area contributed by atoms with Crippen molar-refractivity contribution >= 4 is 17.3 Å². The Morgan fingerprint density at radius 2 is 2.04 bits per heavy atom. The molecule has 2 saturated heterocycles. The number of nitrogens with zero attached hydrogens (tertiary/aromatic N) is 3. The Labute approximate surface area is 161 Å². The van der Waals surface area contributed by atoms with Crippen molar-refractivity contribution < 1.29 is 4.74 Å². The zero-order valence-electron chi connectivity index (χ0n) is 16.0. The molecule has 146 valence electrons. The molecule has 1 unspecified atom stereocenters. The summed E-state index contributed by atoms with van der Waals surface area (Å²) in [5.41, 5.74) is 0. The van der Waals surface area contributed by atoms with Gasteiger partial charge >= 0.3 is 0 Å². The van der Waals surface area contributed by atoms with Gasteiger partial charge in [0.2, 0.25) is 0 Å². The SMILES string of the molecule is CCNC(=NCC(c1cccs1)N1CCCC1)NCCN1CCOCC1. The predicted molar refractivity (Wildman–Crippen MR) is 109 cm³/mol. The van der Waals surface area contributed by atoms with E-state index in [-0.39, 0.29) is 0 Å². The fraction of sp³-hybridized carbons (Fsp3) is 0.737. The second-order valence-electron chi connectivity index (χ2n) is 6.87. The second kappa shape index (κ2) is 10.9. The van der Waals surface area contributed by atoms with Gasteiger partial charge in [0.25, 0.3) is 0 Å². The van der Waals surface area contributed by atoms with Gasteiger partial charge < -0.3 is 15.4 Å². The lowest BCUT2D eigenvalue weighted by atomic mass is 10.2. The summed E-state index contributed by atoms with van der Waals surface area (Å²) in [6, 6.07) is 4.81. The molecule has 1 aromatic heterocycles. The Balaban J connectivity index is 1.53. The molecule has 0 radical (unpaired) electrons. The van der Waals surface area contributed by atoms with Gasteiger partial charge in [0, 0.05) is 37.6 Å². The van der Waals surface area contributed by atoms with Crippen molar-refractivity contribution in [3.05, 3.63) is 22.4 Å². The molecule has 3 rings (SSSR count). The van der Waals surface area contributed by atoms with E-state index < -0.39 is 0 Å². The zero-order chi connectivity index (χ0) is 18.0. The molecule has 0 saturated carbocycles. The molecule has 0 bridgehead atoms. The molecule has 0 amide bonds. The topological polar surface area (TPSA) is 52.1 Å². The molecule has 0 spiro atoms. The lowest BCUT2D eigenvalue weighted by Crippen LogP contribution is -2.44. The van der Waals surface area contributed by atoms with Crippen molar-refractivity contribution in [2.45, 2.75) is 25.8 Å². The van der Waals surface area contributed by atoms with Crippen LogP contribution in [0.2, 0.25) is 0 Å². The number of guanidine groups is 1. The molecule has 26 heavy (non-hydrogen) atoms. The summed E-state index contributed by atoms with van der Waals surface area (Å²) in [4.78, 5) is 11.4. The quantitative estimate of drug-likeness (QED) is 0.533. The third kappa shape index (κ3) is 5.94. The molecule has 0 aliphatic carbocycles. The van der Waals surface area contributed by atoms with Crippen LogP contribution >= 0.6 is 11.3 Å². The maximum Gasteiger partial charge on any atom is 0.191 e. The molecular formula is C19H33N5OS. The summed E-state index contributed by atoms with van der Waals surface area (Å²) in [5, 5.41) is 9.07. The average Bonchev–Trinajstić information content (AvgIpc) is 3.37. The van der Waals surface area contributed by atoms with E-state index in [2.05, 4.69) is 44.9 Å². The largest absolute Gasteiger partial charge is 0.379 e. The molecule has 3 heterocycles. The molecule has 2 aliphatic heterocycles. The van der Waals surface area contributed by atoms with Crippen LogP contribution in [0.15, 0.2) is 22.5 Å². The van der Waals surface area contributed by atoms with Crippen molar-refractivity contribution in [2.75, 3.05) is 65.6 Å². The standard InChI is InChI=1S/C19H33N5OS/c1-2-20-19(21-7-10-23-11-13-25-14-12-23)22-16-17(18-6-5-15-26-18)24-8-3-4-9-24/h5-6,15,17H,2-4,7-14,16H2,1H3,(H2,20,21,22). The molecule has 0 aromatic carbocycles. The molecule has 1 atom stereocenters. The van der Waals surface area contributed by atoms with Gasteiger partial charge in [0.05, 0.1) is 25.8 Å². The molecule has 1 aromatic rings. The highest BCUT2D eigenvalue weighted by atomic mass is 32.1. The van der Waals surface area contributed by atoms with Crippen molar-refractivity contribution in [1.29, 1.82) is 0 Å². The zero-order valence-corrected chi connectivity index (χ0v) is 16.8. The highest BCUT2D eigenvalue weighted by Crippen LogP contribution is 2.28. The van der Waals surface area contributed by atoms with Gasteiger partial charge in [-0.15, -0.1) is 11.3 Å². The van der Waals surface area contributed by atoms with Crippen LogP contribution in [0.5, 0.6) is 0 Å². The minimum atomic E-state index is 0.409. The van der Waals surface area contributed by atoms with Crippen LogP contribution in [-0.2, 0) is 4.74 Å². The maximum atomic E-state index is 5.41. The van der Waals surface area contributed by atoms with E-state index in [4.69, 9.17) is 9.73 Å². The first-order valence-corrected chi connectivity index (χ1v) is 10.8. The predicted octanol–water partition coefficient (Wildman–Crippen LogP) is 1.77. The number of hydrogen-bond donors (Lipinski definition) is 2. The van der Waals surface area contributed by atoms with Gasteiger partial charge in [-0.2, -0.15) is 0 Å². The summed E-state index contributed by atoms with van der Waals surface area (Å²) in [5.74, 6) is 0.932. The monoisotopic (exact) mass is 379 g/mol. The number of morpholine rings is 1. The van der Waals surface area contributed by atoms with E-state index in [0.717, 1.165) is 58.4 Å². The Morgan fingerprint density at radius 3 is 2.73 bits per heavy atom. The average molecular weight is 380 g/mol. The van der Waals surface area contributed by atoms with Crippen molar-refractivity contribution in [2.24, 2.45) is 4.99 Å². The van der Waals surface area contributed by atoms with E-state index in [1.807, 2.05) is 11.3 Å².